The lowest BCUT2D eigenvalue weighted by Gasteiger charge is -2.24. The molecule has 1 aromatic carbocycles. The number of carbonyl (C=O) groups excluding carboxylic acids is 1. The predicted molar refractivity (Wildman–Crippen MR) is 81.6 cm³/mol. The van der Waals surface area contributed by atoms with Crippen LogP contribution in [0.1, 0.15) is 44.2 Å². The lowest BCUT2D eigenvalue weighted by molar-refractivity contribution is -0.138. The molecule has 1 fully saturated rings. The summed E-state index contributed by atoms with van der Waals surface area (Å²) >= 11 is 5.70. The van der Waals surface area contributed by atoms with Gasteiger partial charge in [0.2, 0.25) is 0 Å². The number of halogens is 4. The van der Waals surface area contributed by atoms with Gasteiger partial charge in [-0.3, -0.25) is 0 Å². The van der Waals surface area contributed by atoms with Gasteiger partial charge in [0.05, 0.1) is 5.56 Å². The van der Waals surface area contributed by atoms with Crippen molar-refractivity contribution in [2.75, 3.05) is 13.1 Å². The largest absolute Gasteiger partial charge is 0.444 e. The molecule has 3 nitrogen and oxygen atoms in total. The first-order chi connectivity index (χ1) is 10.5. The van der Waals surface area contributed by atoms with E-state index in [-0.39, 0.29) is 23.0 Å². The molecule has 1 atom stereocenters. The molecule has 0 radical (unpaired) electrons. The maximum atomic E-state index is 13.2. The van der Waals surface area contributed by atoms with Gasteiger partial charge in [-0.1, -0.05) is 17.7 Å². The third-order valence-electron chi connectivity index (χ3n) is 3.60. The standard InChI is InChI=1S/C16H19ClF3NO2/c1-15(2,3)23-14(22)21-7-6-10(9-21)12-5-4-11(17)8-13(12)16(18,19)20/h4-5,8,10H,6-7,9H2,1-3H3. The van der Waals surface area contributed by atoms with Gasteiger partial charge in [0.1, 0.15) is 5.60 Å². The fraction of sp³-hybridized carbons (Fsp3) is 0.562. The van der Waals surface area contributed by atoms with E-state index >= 15 is 0 Å². The van der Waals surface area contributed by atoms with Crippen molar-refractivity contribution in [3.63, 3.8) is 0 Å². The topological polar surface area (TPSA) is 29.5 Å². The SMILES string of the molecule is CC(C)(C)OC(=O)N1CCC(c2ccc(Cl)cc2C(F)(F)F)C1. The van der Waals surface area contributed by atoms with E-state index in [0.29, 0.717) is 13.0 Å². The van der Waals surface area contributed by atoms with Crippen molar-refractivity contribution in [1.29, 1.82) is 0 Å². The van der Waals surface area contributed by atoms with Crippen LogP contribution in [-0.4, -0.2) is 29.7 Å². The Morgan fingerprint density at radius 1 is 1.30 bits per heavy atom. The molecule has 1 saturated heterocycles. The summed E-state index contributed by atoms with van der Waals surface area (Å²) in [5.74, 6) is -0.378. The Balaban J connectivity index is 2.18. The molecule has 0 bridgehead atoms. The lowest BCUT2D eigenvalue weighted by atomic mass is 9.93. The van der Waals surface area contributed by atoms with E-state index in [1.54, 1.807) is 20.8 Å². The van der Waals surface area contributed by atoms with Crippen LogP contribution in [0.3, 0.4) is 0 Å². The van der Waals surface area contributed by atoms with E-state index in [9.17, 15) is 18.0 Å². The summed E-state index contributed by atoms with van der Waals surface area (Å²) in [5.41, 5.74) is -1.19. The van der Waals surface area contributed by atoms with Crippen LogP contribution in [0.2, 0.25) is 5.02 Å². The second-order valence-corrected chi connectivity index (χ2v) is 7.08. The molecule has 2 rings (SSSR count). The Morgan fingerprint density at radius 2 is 1.96 bits per heavy atom. The molecule has 0 N–H and O–H groups in total. The zero-order valence-electron chi connectivity index (χ0n) is 13.2. The van der Waals surface area contributed by atoms with Crippen molar-refractivity contribution in [3.05, 3.63) is 34.3 Å². The normalized spacial score (nSPS) is 19.1. The summed E-state index contributed by atoms with van der Waals surface area (Å²) in [6, 6.07) is 3.78. The van der Waals surface area contributed by atoms with Crippen molar-refractivity contribution in [2.45, 2.75) is 44.9 Å². The van der Waals surface area contributed by atoms with Crippen molar-refractivity contribution < 1.29 is 22.7 Å². The quantitative estimate of drug-likeness (QED) is 0.707. The Bertz CT molecular complexity index is 596. The third-order valence-corrected chi connectivity index (χ3v) is 3.84. The smallest absolute Gasteiger partial charge is 0.416 e. The molecular weight excluding hydrogens is 331 g/mol. The maximum absolute atomic E-state index is 13.2. The van der Waals surface area contributed by atoms with Gasteiger partial charge in [-0.05, 0) is 44.9 Å². The first kappa shape index (κ1) is 17.9. The number of carbonyl (C=O) groups is 1. The van der Waals surface area contributed by atoms with E-state index in [2.05, 4.69) is 0 Å². The van der Waals surface area contributed by atoms with Crippen LogP contribution < -0.4 is 0 Å². The summed E-state index contributed by atoms with van der Waals surface area (Å²) in [5, 5.41) is 0.0445. The number of ether oxygens (including phenoxy) is 1. The van der Waals surface area contributed by atoms with Gasteiger partial charge in [0.15, 0.2) is 0 Å². The second kappa shape index (κ2) is 6.23. The summed E-state index contributed by atoms with van der Waals surface area (Å²) in [7, 11) is 0. The minimum Gasteiger partial charge on any atom is -0.444 e. The highest BCUT2D eigenvalue weighted by Crippen LogP contribution is 2.39. The number of rotatable bonds is 1. The molecule has 1 aromatic rings. The Labute approximate surface area is 138 Å². The highest BCUT2D eigenvalue weighted by Gasteiger charge is 2.38. The number of hydrogen-bond donors (Lipinski definition) is 0. The molecule has 128 valence electrons. The van der Waals surface area contributed by atoms with Crippen molar-refractivity contribution in [2.24, 2.45) is 0 Å². The molecule has 1 amide bonds. The molecule has 7 heteroatoms. The van der Waals surface area contributed by atoms with Gasteiger partial charge in [-0.15, -0.1) is 0 Å². The lowest BCUT2D eigenvalue weighted by Crippen LogP contribution is -2.35. The number of likely N-dealkylation sites (tertiary alicyclic amines) is 1. The zero-order chi connectivity index (χ0) is 17.4. The van der Waals surface area contributed by atoms with Gasteiger partial charge in [-0.25, -0.2) is 4.79 Å². The Morgan fingerprint density at radius 3 is 2.52 bits per heavy atom. The number of alkyl halides is 3. The van der Waals surface area contributed by atoms with Crippen LogP contribution in [0.15, 0.2) is 18.2 Å². The average Bonchev–Trinajstić information content (AvgIpc) is 2.85. The fourth-order valence-electron chi connectivity index (χ4n) is 2.64. The molecule has 1 aliphatic rings. The van der Waals surface area contributed by atoms with Gasteiger partial charge in [0, 0.05) is 24.0 Å². The zero-order valence-corrected chi connectivity index (χ0v) is 14.0. The minimum atomic E-state index is -4.47. The van der Waals surface area contributed by atoms with Gasteiger partial charge < -0.3 is 9.64 Å². The Hall–Kier alpha value is -1.43. The van der Waals surface area contributed by atoms with Crippen LogP contribution >= 0.6 is 11.6 Å². The molecule has 1 heterocycles. The van der Waals surface area contributed by atoms with Crippen LogP contribution in [-0.2, 0) is 10.9 Å². The summed E-state index contributed by atoms with van der Waals surface area (Å²) in [6.07, 6.45) is -4.51. The number of amides is 1. The van der Waals surface area contributed by atoms with Crippen molar-refractivity contribution >= 4 is 17.7 Å². The predicted octanol–water partition coefficient (Wildman–Crippen LogP) is 5.08. The van der Waals surface area contributed by atoms with E-state index in [1.807, 2.05) is 0 Å². The summed E-state index contributed by atoms with van der Waals surface area (Å²) in [6.45, 7) is 5.83. The molecule has 0 aliphatic carbocycles. The van der Waals surface area contributed by atoms with Crippen LogP contribution in [0.5, 0.6) is 0 Å². The van der Waals surface area contributed by atoms with Crippen LogP contribution in [0.4, 0.5) is 18.0 Å². The minimum absolute atomic E-state index is 0.0445. The first-order valence-corrected chi connectivity index (χ1v) is 7.70. The molecular formula is C16H19ClF3NO2. The molecule has 0 aromatic heterocycles. The van der Waals surface area contributed by atoms with Gasteiger partial charge in [-0.2, -0.15) is 13.2 Å². The summed E-state index contributed by atoms with van der Waals surface area (Å²) in [4.78, 5) is 13.5. The van der Waals surface area contributed by atoms with Gasteiger partial charge >= 0.3 is 12.3 Å². The van der Waals surface area contributed by atoms with Crippen molar-refractivity contribution in [3.8, 4) is 0 Å². The number of hydrogen-bond acceptors (Lipinski definition) is 2. The number of nitrogens with zero attached hydrogens (tertiary/aromatic N) is 1. The van der Waals surface area contributed by atoms with Crippen LogP contribution in [0.25, 0.3) is 0 Å². The molecule has 0 spiro atoms. The monoisotopic (exact) mass is 349 g/mol. The highest BCUT2D eigenvalue weighted by molar-refractivity contribution is 6.30. The molecule has 1 unspecified atom stereocenters. The third kappa shape index (κ3) is 4.53. The van der Waals surface area contributed by atoms with E-state index in [0.717, 1.165) is 6.07 Å². The van der Waals surface area contributed by atoms with E-state index in [4.69, 9.17) is 16.3 Å². The maximum Gasteiger partial charge on any atom is 0.416 e. The Kier molecular flexibility index (Phi) is 4.85. The fourth-order valence-corrected chi connectivity index (χ4v) is 2.81. The second-order valence-electron chi connectivity index (χ2n) is 6.64. The molecule has 1 aliphatic heterocycles. The van der Waals surface area contributed by atoms with Crippen LogP contribution in [0, 0.1) is 0 Å². The highest BCUT2D eigenvalue weighted by atomic mass is 35.5. The van der Waals surface area contributed by atoms with Crippen molar-refractivity contribution in [1.82, 2.24) is 4.90 Å². The summed E-state index contributed by atoms with van der Waals surface area (Å²) < 4.78 is 44.9. The average molecular weight is 350 g/mol. The molecule has 23 heavy (non-hydrogen) atoms. The van der Waals surface area contributed by atoms with Gasteiger partial charge in [0.25, 0.3) is 0 Å². The van der Waals surface area contributed by atoms with E-state index < -0.39 is 23.4 Å². The number of benzene rings is 1. The van der Waals surface area contributed by atoms with E-state index in [1.165, 1.54) is 17.0 Å². The first-order valence-electron chi connectivity index (χ1n) is 7.32. The molecule has 0 saturated carbocycles.